The van der Waals surface area contributed by atoms with Crippen LogP contribution in [0.5, 0.6) is 0 Å². The number of fused-ring (bicyclic) bond motifs is 1. The molecule has 0 saturated heterocycles. The second-order valence-electron chi connectivity index (χ2n) is 6.15. The minimum Gasteiger partial charge on any atom is -0.383 e. The Morgan fingerprint density at radius 2 is 1.62 bits per heavy atom. The molecule has 0 radical (unpaired) electrons. The zero-order chi connectivity index (χ0) is 16.6. The second kappa shape index (κ2) is 8.74. The summed E-state index contributed by atoms with van der Waals surface area (Å²) < 4.78 is 0. The Hall–Kier alpha value is -2.00. The monoisotopic (exact) mass is 341 g/mol. The SMILES string of the molecule is Clc1ccc(CN=C2CCCCCCNc3ccccc3N2)cc1. The van der Waals surface area contributed by atoms with Gasteiger partial charge in [0, 0.05) is 18.0 Å². The number of anilines is 2. The standard InChI is InChI=1S/C20H24ClN3/c21-17-12-10-16(11-13-17)15-23-20-9-3-1-2-6-14-22-18-7-4-5-8-19(18)24-20/h4-5,7-8,10-13,22H,1-3,6,9,14-15H2,(H,23,24). The number of hydrogen-bond donors (Lipinski definition) is 2. The number of para-hydroxylation sites is 2. The number of rotatable bonds is 2. The van der Waals surface area contributed by atoms with Gasteiger partial charge in [-0.2, -0.15) is 0 Å². The average molecular weight is 342 g/mol. The summed E-state index contributed by atoms with van der Waals surface area (Å²) in [5.74, 6) is 1.06. The van der Waals surface area contributed by atoms with Crippen LogP contribution in [0.2, 0.25) is 5.02 Å². The smallest absolute Gasteiger partial charge is 0.101 e. The highest BCUT2D eigenvalue weighted by molar-refractivity contribution is 6.30. The van der Waals surface area contributed by atoms with Crippen molar-refractivity contribution in [2.75, 3.05) is 17.2 Å². The van der Waals surface area contributed by atoms with E-state index in [0.717, 1.165) is 35.2 Å². The number of aliphatic imine (C=N–C) groups is 1. The third-order valence-corrected chi connectivity index (χ3v) is 4.48. The van der Waals surface area contributed by atoms with Gasteiger partial charge in [0.1, 0.15) is 5.84 Å². The van der Waals surface area contributed by atoms with Crippen molar-refractivity contribution in [3.8, 4) is 0 Å². The quantitative estimate of drug-likeness (QED) is 0.732. The van der Waals surface area contributed by atoms with Gasteiger partial charge in [0.15, 0.2) is 0 Å². The van der Waals surface area contributed by atoms with E-state index in [4.69, 9.17) is 16.6 Å². The Bertz CT molecular complexity index is 680. The van der Waals surface area contributed by atoms with Gasteiger partial charge in [-0.25, -0.2) is 0 Å². The first-order valence-electron chi connectivity index (χ1n) is 8.69. The molecule has 4 heteroatoms. The summed E-state index contributed by atoms with van der Waals surface area (Å²) in [7, 11) is 0. The number of amidine groups is 1. The van der Waals surface area contributed by atoms with Crippen molar-refractivity contribution in [1.82, 2.24) is 0 Å². The molecule has 0 aromatic heterocycles. The summed E-state index contributed by atoms with van der Waals surface area (Å²) >= 11 is 5.95. The molecule has 0 fully saturated rings. The van der Waals surface area contributed by atoms with Crippen LogP contribution in [0.3, 0.4) is 0 Å². The lowest BCUT2D eigenvalue weighted by atomic mass is 10.1. The third kappa shape index (κ3) is 5.00. The maximum absolute atomic E-state index is 5.95. The molecule has 0 bridgehead atoms. The van der Waals surface area contributed by atoms with Crippen LogP contribution < -0.4 is 10.6 Å². The summed E-state index contributed by atoms with van der Waals surface area (Å²) in [6.45, 7) is 1.70. The van der Waals surface area contributed by atoms with Gasteiger partial charge in [-0.3, -0.25) is 4.99 Å². The van der Waals surface area contributed by atoms with E-state index in [1.807, 2.05) is 24.3 Å². The highest BCUT2D eigenvalue weighted by Crippen LogP contribution is 2.23. The number of nitrogens with one attached hydrogen (secondary N) is 2. The molecule has 3 nitrogen and oxygen atoms in total. The van der Waals surface area contributed by atoms with E-state index in [1.54, 1.807) is 0 Å². The molecule has 0 unspecified atom stereocenters. The molecule has 1 aliphatic rings. The largest absolute Gasteiger partial charge is 0.383 e. The molecular formula is C20H24ClN3. The number of nitrogens with zero attached hydrogens (tertiary/aromatic N) is 1. The Morgan fingerprint density at radius 1 is 0.875 bits per heavy atom. The van der Waals surface area contributed by atoms with Gasteiger partial charge >= 0.3 is 0 Å². The maximum atomic E-state index is 5.95. The van der Waals surface area contributed by atoms with E-state index >= 15 is 0 Å². The number of hydrogen-bond acceptors (Lipinski definition) is 2. The van der Waals surface area contributed by atoms with E-state index in [9.17, 15) is 0 Å². The first kappa shape index (κ1) is 16.8. The second-order valence-corrected chi connectivity index (χ2v) is 6.59. The fourth-order valence-electron chi connectivity index (χ4n) is 2.85. The predicted octanol–water partition coefficient (Wildman–Crippen LogP) is 5.73. The van der Waals surface area contributed by atoms with E-state index in [0.29, 0.717) is 6.54 Å². The first-order chi connectivity index (χ1) is 11.8. The summed E-state index contributed by atoms with van der Waals surface area (Å²) in [4.78, 5) is 4.82. The normalized spacial score (nSPS) is 17.3. The fourth-order valence-corrected chi connectivity index (χ4v) is 2.98. The van der Waals surface area contributed by atoms with Crippen molar-refractivity contribution in [2.45, 2.75) is 38.6 Å². The molecule has 1 heterocycles. The van der Waals surface area contributed by atoms with Crippen molar-refractivity contribution in [3.63, 3.8) is 0 Å². The average Bonchev–Trinajstić information content (AvgIpc) is 2.65. The predicted molar refractivity (Wildman–Crippen MR) is 104 cm³/mol. The third-order valence-electron chi connectivity index (χ3n) is 4.23. The molecule has 3 rings (SSSR count). The van der Waals surface area contributed by atoms with Crippen molar-refractivity contribution in [3.05, 3.63) is 59.1 Å². The van der Waals surface area contributed by atoms with Crippen LogP contribution in [-0.2, 0) is 6.54 Å². The zero-order valence-electron chi connectivity index (χ0n) is 13.9. The first-order valence-corrected chi connectivity index (χ1v) is 9.07. The molecule has 24 heavy (non-hydrogen) atoms. The van der Waals surface area contributed by atoms with Gasteiger partial charge in [0.05, 0.1) is 17.9 Å². The lowest BCUT2D eigenvalue weighted by Gasteiger charge is -2.14. The zero-order valence-corrected chi connectivity index (χ0v) is 14.6. The Morgan fingerprint density at radius 3 is 2.46 bits per heavy atom. The topological polar surface area (TPSA) is 36.4 Å². The molecule has 2 N–H and O–H groups in total. The van der Waals surface area contributed by atoms with E-state index in [2.05, 4.69) is 34.9 Å². The molecule has 0 saturated carbocycles. The summed E-state index contributed by atoms with van der Waals surface area (Å²) in [6.07, 6.45) is 5.89. The molecule has 0 amide bonds. The van der Waals surface area contributed by atoms with E-state index in [-0.39, 0.29) is 0 Å². The Kier molecular flexibility index (Phi) is 6.13. The summed E-state index contributed by atoms with van der Waals surface area (Å²) in [6, 6.07) is 16.3. The lowest BCUT2D eigenvalue weighted by Crippen LogP contribution is -2.14. The molecule has 0 spiro atoms. The van der Waals surface area contributed by atoms with Crippen molar-refractivity contribution >= 4 is 28.8 Å². The van der Waals surface area contributed by atoms with Crippen molar-refractivity contribution in [1.29, 1.82) is 0 Å². The minimum absolute atomic E-state index is 0.676. The van der Waals surface area contributed by atoms with Crippen molar-refractivity contribution < 1.29 is 0 Å². The van der Waals surface area contributed by atoms with Crippen LogP contribution >= 0.6 is 11.6 Å². The lowest BCUT2D eigenvalue weighted by molar-refractivity contribution is 0.668. The Balaban J connectivity index is 1.77. The minimum atomic E-state index is 0.676. The maximum Gasteiger partial charge on any atom is 0.101 e. The van der Waals surface area contributed by atoms with Crippen LogP contribution in [-0.4, -0.2) is 12.4 Å². The number of benzene rings is 2. The van der Waals surface area contributed by atoms with E-state index < -0.39 is 0 Å². The highest BCUT2D eigenvalue weighted by Gasteiger charge is 2.07. The summed E-state index contributed by atoms with van der Waals surface area (Å²) in [5.41, 5.74) is 3.43. The molecule has 126 valence electrons. The van der Waals surface area contributed by atoms with Crippen LogP contribution in [0.4, 0.5) is 11.4 Å². The fraction of sp³-hybridized carbons (Fsp3) is 0.350. The van der Waals surface area contributed by atoms with Crippen LogP contribution in [0.25, 0.3) is 0 Å². The molecule has 0 atom stereocenters. The van der Waals surface area contributed by atoms with Gasteiger partial charge in [-0.05, 0) is 42.7 Å². The van der Waals surface area contributed by atoms with Crippen LogP contribution in [0.1, 0.15) is 37.7 Å². The molecule has 2 aromatic rings. The van der Waals surface area contributed by atoms with Crippen LogP contribution in [0, 0.1) is 0 Å². The van der Waals surface area contributed by atoms with E-state index in [1.165, 1.54) is 31.2 Å². The molecule has 0 aliphatic carbocycles. The number of halogens is 1. The molecule has 1 aliphatic heterocycles. The summed E-state index contributed by atoms with van der Waals surface area (Å²) in [5, 5.41) is 7.83. The van der Waals surface area contributed by atoms with Gasteiger partial charge in [0.25, 0.3) is 0 Å². The van der Waals surface area contributed by atoms with Gasteiger partial charge in [-0.15, -0.1) is 0 Å². The van der Waals surface area contributed by atoms with Gasteiger partial charge in [-0.1, -0.05) is 48.7 Å². The highest BCUT2D eigenvalue weighted by atomic mass is 35.5. The molecular weight excluding hydrogens is 318 g/mol. The van der Waals surface area contributed by atoms with Gasteiger partial charge < -0.3 is 10.6 Å². The Labute approximate surface area is 149 Å². The van der Waals surface area contributed by atoms with Crippen LogP contribution in [0.15, 0.2) is 53.5 Å². The van der Waals surface area contributed by atoms with Gasteiger partial charge in [0.2, 0.25) is 0 Å². The molecule has 2 aromatic carbocycles. The van der Waals surface area contributed by atoms with Crippen molar-refractivity contribution in [2.24, 2.45) is 4.99 Å².